The topological polar surface area (TPSA) is 211 Å². The van der Waals surface area contributed by atoms with Crippen molar-refractivity contribution in [2.75, 3.05) is 20.8 Å². The number of aromatic amines is 2. The van der Waals surface area contributed by atoms with Crippen molar-refractivity contribution in [3.8, 4) is 39.5 Å². The Labute approximate surface area is 450 Å². The van der Waals surface area contributed by atoms with Crippen LogP contribution in [-0.4, -0.2) is 114 Å². The summed E-state index contributed by atoms with van der Waals surface area (Å²) in [6.45, 7) is 10.6. The number of benzene rings is 2. The van der Waals surface area contributed by atoms with Crippen LogP contribution in [0.25, 0.3) is 44.7 Å². The van der Waals surface area contributed by atoms with Gasteiger partial charge in [-0.15, -0.1) is 11.3 Å². The van der Waals surface area contributed by atoms with Crippen LogP contribution in [0.2, 0.25) is 0 Å². The standard InChI is InChI=1S/C57H67FN10O8S/c1-28(2)47(64-55(71)73-6)51(69)66-16-10-11-40(66)49-59-26-38(63-49)32-20-36(58)46-42-22-33-19-31(12-13-39(33)68(42)53(76-44(46)24-32)45-27-61-54(77-45)57(5)14-8-9-15-57)37-25-60-50(62-37)43-23-34-21-41(34)67(43)52(70)48(65-56(72)74-7)35-17-29(3)75-30(4)18-35/h12-13,19-20,22,24-30,34-35,40-41,43,47-48,53H,8-11,14-18,21,23H2,1-7H3,(H,59,63)(H,60,62)(H,64,71)(H,65,72)/t29-,30+,34-,35?,40+,41-,43+,47+,48?,53?/m1/s1. The smallest absolute Gasteiger partial charge is 0.407 e. The summed E-state index contributed by atoms with van der Waals surface area (Å²) in [6.07, 6.45) is 12.2. The van der Waals surface area contributed by atoms with Crippen LogP contribution >= 0.6 is 11.3 Å². The minimum atomic E-state index is -0.778. The molecule has 3 unspecified atom stereocenters. The normalized spacial score (nSPS) is 25.9. The minimum absolute atomic E-state index is 0.0211. The quantitative estimate of drug-likeness (QED) is 0.0906. The monoisotopic (exact) mass is 1070 g/mol. The van der Waals surface area contributed by atoms with Gasteiger partial charge in [-0.2, -0.15) is 0 Å². The van der Waals surface area contributed by atoms with E-state index < -0.39 is 36.3 Å². The summed E-state index contributed by atoms with van der Waals surface area (Å²) < 4.78 is 42.1. The molecule has 2 saturated carbocycles. The second-order valence-corrected chi connectivity index (χ2v) is 23.9. The fourth-order valence-corrected chi connectivity index (χ4v) is 14.4. The molecule has 2 aromatic carbocycles. The van der Waals surface area contributed by atoms with Gasteiger partial charge in [0.2, 0.25) is 18.0 Å². The number of carbonyl (C=O) groups is 4. The van der Waals surface area contributed by atoms with Gasteiger partial charge in [0.1, 0.15) is 35.3 Å². The molecule has 77 heavy (non-hydrogen) atoms. The van der Waals surface area contributed by atoms with Gasteiger partial charge in [0.15, 0.2) is 0 Å². The maximum atomic E-state index is 17.2. The highest BCUT2D eigenvalue weighted by atomic mass is 32.1. The molecule has 6 aromatic rings. The summed E-state index contributed by atoms with van der Waals surface area (Å²) >= 11 is 1.65. The molecule has 4 amide bonds. The number of nitrogens with zero attached hydrogens (tertiary/aromatic N) is 6. The molecule has 3 saturated heterocycles. The number of hydrogen-bond acceptors (Lipinski definition) is 12. The number of hydrogen-bond donors (Lipinski definition) is 4. The number of rotatable bonds is 12. The SMILES string of the molecule is COC(=O)NC(C(=O)N1[C@@H]2C[C@@H]2C[C@H]1c1ncc(-c2ccc3c(c2)cc2n3C(c3cnc(C4(C)CCCC4)s3)Oc3cc(-c4cnc([C@@H]5CCCN5C(=O)[C@@H](NC(=O)OC)C(C)C)[nH]4)cc(F)c3-2)[nH]1)C1C[C@@H](C)O[C@@H](C)C1. The summed E-state index contributed by atoms with van der Waals surface area (Å²) in [6, 6.07) is 9.39. The highest BCUT2D eigenvalue weighted by molar-refractivity contribution is 7.11. The molecule has 0 radical (unpaired) electrons. The first-order valence-electron chi connectivity index (χ1n) is 27.3. The Morgan fingerprint density at radius 3 is 2.25 bits per heavy atom. The molecule has 4 aromatic heterocycles. The van der Waals surface area contributed by atoms with Gasteiger partial charge >= 0.3 is 12.2 Å². The molecule has 10 atom stereocenters. The van der Waals surface area contributed by atoms with Crippen LogP contribution < -0.4 is 15.4 Å². The molecule has 4 aliphatic heterocycles. The fraction of sp³-hybridized carbons (Fsp3) is 0.526. The molecule has 4 N–H and O–H groups in total. The number of H-pyrrole nitrogens is 2. The van der Waals surface area contributed by atoms with Crippen molar-refractivity contribution in [2.24, 2.45) is 17.8 Å². The number of methoxy groups -OCH3 is 2. The van der Waals surface area contributed by atoms with E-state index >= 15 is 4.39 Å². The van der Waals surface area contributed by atoms with Crippen LogP contribution in [-0.2, 0) is 29.2 Å². The zero-order chi connectivity index (χ0) is 53.6. The van der Waals surface area contributed by atoms with E-state index in [2.05, 4.69) is 38.2 Å². The second kappa shape index (κ2) is 19.9. The Bertz CT molecular complexity index is 3260. The van der Waals surface area contributed by atoms with E-state index in [1.165, 1.54) is 20.3 Å². The van der Waals surface area contributed by atoms with Gasteiger partial charge in [-0.1, -0.05) is 39.7 Å². The highest BCUT2D eigenvalue weighted by Crippen LogP contribution is 2.54. The first-order valence-corrected chi connectivity index (χ1v) is 28.1. The average molecular weight is 1070 g/mol. The van der Waals surface area contributed by atoms with E-state index in [9.17, 15) is 19.2 Å². The number of amides is 4. The van der Waals surface area contributed by atoms with E-state index in [0.29, 0.717) is 71.6 Å². The molecular formula is C57H67FN10O8S. The molecule has 0 spiro atoms. The van der Waals surface area contributed by atoms with Crippen molar-refractivity contribution in [2.45, 2.75) is 153 Å². The summed E-state index contributed by atoms with van der Waals surface area (Å²) in [7, 11) is 2.59. The molecule has 18 nitrogen and oxygen atoms in total. The summed E-state index contributed by atoms with van der Waals surface area (Å²) in [4.78, 5) is 79.8. The number of fused-ring (bicyclic) bond motifs is 6. The van der Waals surface area contributed by atoms with Crippen molar-refractivity contribution in [3.05, 3.63) is 82.3 Å². The molecule has 2 aliphatic carbocycles. The van der Waals surface area contributed by atoms with Gasteiger partial charge in [-0.25, -0.2) is 28.9 Å². The Morgan fingerprint density at radius 1 is 0.831 bits per heavy atom. The predicted octanol–water partition coefficient (Wildman–Crippen LogP) is 10.1. The Hall–Kier alpha value is -6.80. The lowest BCUT2D eigenvalue weighted by Crippen LogP contribution is -2.55. The Kier molecular flexibility index (Phi) is 13.2. The van der Waals surface area contributed by atoms with Gasteiger partial charge in [-0.3, -0.25) is 14.2 Å². The summed E-state index contributed by atoms with van der Waals surface area (Å²) in [5.41, 5.74) is 4.58. The molecule has 6 aliphatic rings. The summed E-state index contributed by atoms with van der Waals surface area (Å²) in [5.74, 6) is 0.887. The van der Waals surface area contributed by atoms with Gasteiger partial charge in [0.05, 0.1) is 89.0 Å². The van der Waals surface area contributed by atoms with Crippen LogP contribution in [0.3, 0.4) is 0 Å². The molecule has 20 heteroatoms. The molecule has 12 rings (SSSR count). The number of imidazole rings is 2. The fourth-order valence-electron chi connectivity index (χ4n) is 13.3. The lowest BCUT2D eigenvalue weighted by Gasteiger charge is -2.38. The number of halogens is 1. The molecule has 5 fully saturated rings. The van der Waals surface area contributed by atoms with Gasteiger partial charge in [0, 0.05) is 40.7 Å². The van der Waals surface area contributed by atoms with E-state index in [-0.39, 0.29) is 59.4 Å². The van der Waals surface area contributed by atoms with Crippen molar-refractivity contribution >= 4 is 46.2 Å². The molecule has 8 heterocycles. The third-order valence-corrected chi connectivity index (χ3v) is 18.6. The van der Waals surface area contributed by atoms with Crippen molar-refractivity contribution in [3.63, 3.8) is 0 Å². The van der Waals surface area contributed by atoms with Crippen molar-refractivity contribution < 1.29 is 42.5 Å². The lowest BCUT2D eigenvalue weighted by atomic mass is 9.85. The van der Waals surface area contributed by atoms with Crippen LogP contribution in [0, 0.1) is 23.6 Å². The van der Waals surface area contributed by atoms with E-state index in [1.807, 2.05) is 69.3 Å². The minimum Gasteiger partial charge on any atom is -0.464 e. The predicted molar refractivity (Wildman–Crippen MR) is 285 cm³/mol. The number of alkyl carbamates (subject to hydrolysis) is 2. The Morgan fingerprint density at radius 2 is 1.53 bits per heavy atom. The largest absolute Gasteiger partial charge is 0.464 e. The maximum Gasteiger partial charge on any atom is 0.407 e. The number of carbonyl (C=O) groups excluding carboxylic acids is 4. The number of ether oxygens (including phenoxy) is 4. The van der Waals surface area contributed by atoms with Crippen LogP contribution in [0.1, 0.15) is 139 Å². The van der Waals surface area contributed by atoms with Crippen LogP contribution in [0.15, 0.2) is 55.0 Å². The molecule has 0 bridgehead atoms. The van der Waals surface area contributed by atoms with E-state index in [0.717, 1.165) is 77.0 Å². The Balaban J connectivity index is 0.863. The van der Waals surface area contributed by atoms with Crippen molar-refractivity contribution in [1.29, 1.82) is 0 Å². The van der Waals surface area contributed by atoms with E-state index in [1.54, 1.807) is 22.4 Å². The highest BCUT2D eigenvalue weighted by Gasteiger charge is 2.57. The number of nitrogens with one attached hydrogen (secondary N) is 4. The van der Waals surface area contributed by atoms with Gasteiger partial charge in [-0.05, 0) is 113 Å². The third kappa shape index (κ3) is 9.21. The number of aromatic nitrogens is 6. The number of piperidine rings is 1. The van der Waals surface area contributed by atoms with E-state index in [4.69, 9.17) is 33.9 Å². The second-order valence-electron chi connectivity index (χ2n) is 22.9. The van der Waals surface area contributed by atoms with Crippen LogP contribution in [0.4, 0.5) is 14.0 Å². The zero-order valence-electron chi connectivity index (χ0n) is 44.6. The first-order chi connectivity index (χ1) is 37.1. The summed E-state index contributed by atoms with van der Waals surface area (Å²) in [5, 5.41) is 7.55. The molecular weight excluding hydrogens is 1000 g/mol. The third-order valence-electron chi connectivity index (χ3n) is 17.3. The van der Waals surface area contributed by atoms with Gasteiger partial charge < -0.3 is 49.3 Å². The van der Waals surface area contributed by atoms with Crippen LogP contribution in [0.5, 0.6) is 5.75 Å². The van der Waals surface area contributed by atoms with Crippen molar-refractivity contribution in [1.82, 2.24) is 49.9 Å². The lowest BCUT2D eigenvalue weighted by molar-refractivity contribution is -0.140. The van der Waals surface area contributed by atoms with Gasteiger partial charge in [0.25, 0.3) is 0 Å². The molecule has 406 valence electrons. The number of likely N-dealkylation sites (tertiary alicyclic amines) is 2. The number of thiazole rings is 1. The average Bonchev–Trinajstić information content (AvgIpc) is 4.44. The maximum absolute atomic E-state index is 17.2. The first kappa shape index (κ1) is 51.0. The zero-order valence-corrected chi connectivity index (χ0v) is 45.4.